The first kappa shape index (κ1) is 9.66. The van der Waals surface area contributed by atoms with Gasteiger partial charge in [0, 0.05) is 13.5 Å². The molecule has 0 aliphatic rings. The number of hydrogen-bond donors (Lipinski definition) is 2. The Kier molecular flexibility index (Phi) is 3.39. The van der Waals surface area contributed by atoms with E-state index in [2.05, 4.69) is 20.0 Å². The largest absolute Gasteiger partial charge is 0.349 e. The van der Waals surface area contributed by atoms with E-state index >= 15 is 0 Å². The highest BCUT2D eigenvalue weighted by atomic mass is 16.5. The molecule has 0 aliphatic carbocycles. The lowest BCUT2D eigenvalue weighted by atomic mass is 10.4. The number of carbonyl (C=O) groups is 1. The van der Waals surface area contributed by atoms with Crippen LogP contribution in [0, 0.1) is 6.92 Å². The first-order valence-corrected chi connectivity index (χ1v) is 4.02. The minimum absolute atomic E-state index is 0.0644. The van der Waals surface area contributed by atoms with E-state index < -0.39 is 0 Å². The molecule has 1 rings (SSSR count). The van der Waals surface area contributed by atoms with Gasteiger partial charge >= 0.3 is 0 Å². The fourth-order valence-electron chi connectivity index (χ4n) is 0.775. The van der Waals surface area contributed by atoms with Crippen LogP contribution in [0.2, 0.25) is 0 Å². The van der Waals surface area contributed by atoms with E-state index in [1.807, 2.05) is 0 Å². The van der Waals surface area contributed by atoms with Crippen LogP contribution >= 0.6 is 0 Å². The van der Waals surface area contributed by atoms with E-state index in [0.29, 0.717) is 19.0 Å². The van der Waals surface area contributed by atoms with Crippen molar-refractivity contribution in [1.29, 1.82) is 0 Å². The lowest BCUT2D eigenvalue weighted by Crippen LogP contribution is -2.26. The van der Waals surface area contributed by atoms with Gasteiger partial charge in [-0.3, -0.25) is 4.79 Å². The van der Waals surface area contributed by atoms with Crippen molar-refractivity contribution in [2.45, 2.75) is 13.3 Å². The van der Waals surface area contributed by atoms with Crippen molar-refractivity contribution < 1.29 is 9.32 Å². The van der Waals surface area contributed by atoms with E-state index in [1.165, 1.54) is 0 Å². The molecule has 1 aromatic heterocycles. The molecule has 0 aromatic carbocycles. The fourth-order valence-corrected chi connectivity index (χ4v) is 0.775. The average Bonchev–Trinajstić information content (AvgIpc) is 2.52. The summed E-state index contributed by atoms with van der Waals surface area (Å²) in [5.41, 5.74) is 5.26. The molecule has 1 amide bonds. The van der Waals surface area contributed by atoms with Crippen molar-refractivity contribution in [1.82, 2.24) is 15.5 Å². The van der Waals surface area contributed by atoms with Crippen molar-refractivity contribution in [3.05, 3.63) is 11.7 Å². The van der Waals surface area contributed by atoms with Gasteiger partial charge in [-0.2, -0.15) is 4.98 Å². The second-order valence-electron chi connectivity index (χ2n) is 2.54. The fraction of sp³-hybridized carbons (Fsp3) is 0.571. The summed E-state index contributed by atoms with van der Waals surface area (Å²) in [6, 6.07) is 0. The average molecular weight is 184 g/mol. The Bertz CT molecular complexity index is 284. The molecule has 0 radical (unpaired) electrons. The van der Waals surface area contributed by atoms with Crippen molar-refractivity contribution in [3.8, 4) is 0 Å². The number of amides is 1. The monoisotopic (exact) mass is 184 g/mol. The maximum absolute atomic E-state index is 11.2. The Morgan fingerprint density at radius 3 is 3.00 bits per heavy atom. The van der Waals surface area contributed by atoms with Crippen LogP contribution in [0.3, 0.4) is 0 Å². The van der Waals surface area contributed by atoms with Gasteiger partial charge in [-0.25, -0.2) is 0 Å². The Morgan fingerprint density at radius 2 is 2.46 bits per heavy atom. The van der Waals surface area contributed by atoms with Gasteiger partial charge in [-0.15, -0.1) is 0 Å². The number of nitrogens with zero attached hydrogens (tertiary/aromatic N) is 2. The number of nitrogens with one attached hydrogen (secondary N) is 1. The van der Waals surface area contributed by atoms with Gasteiger partial charge in [0.2, 0.25) is 5.89 Å². The molecule has 3 N–H and O–H groups in total. The Hall–Kier alpha value is -1.43. The predicted molar refractivity (Wildman–Crippen MR) is 45.0 cm³/mol. The topological polar surface area (TPSA) is 94.0 Å². The van der Waals surface area contributed by atoms with Crippen LogP contribution in [0.1, 0.15) is 22.9 Å². The van der Waals surface area contributed by atoms with E-state index in [4.69, 9.17) is 5.73 Å². The second kappa shape index (κ2) is 4.56. The number of aryl methyl sites for hydroxylation is 1. The number of hydrogen-bond acceptors (Lipinski definition) is 5. The summed E-state index contributed by atoms with van der Waals surface area (Å²) < 4.78 is 4.65. The summed E-state index contributed by atoms with van der Waals surface area (Å²) in [7, 11) is 0. The van der Waals surface area contributed by atoms with E-state index in [0.717, 1.165) is 6.42 Å². The van der Waals surface area contributed by atoms with Crippen LogP contribution in [0.4, 0.5) is 0 Å². The molecule has 0 spiro atoms. The van der Waals surface area contributed by atoms with Crippen LogP contribution < -0.4 is 11.1 Å². The number of nitrogens with two attached hydrogens (primary N) is 1. The number of aromatic nitrogens is 2. The normalized spacial score (nSPS) is 10.0. The highest BCUT2D eigenvalue weighted by Gasteiger charge is 2.10. The third-order valence-electron chi connectivity index (χ3n) is 1.40. The van der Waals surface area contributed by atoms with Crippen molar-refractivity contribution in [3.63, 3.8) is 0 Å². The Morgan fingerprint density at radius 1 is 1.69 bits per heavy atom. The third-order valence-corrected chi connectivity index (χ3v) is 1.40. The SMILES string of the molecule is Cc1nc(C(=O)NCCCN)no1. The molecular weight excluding hydrogens is 172 g/mol. The summed E-state index contributed by atoms with van der Waals surface area (Å²) in [5.74, 6) is 0.115. The minimum Gasteiger partial charge on any atom is -0.349 e. The van der Waals surface area contributed by atoms with Crippen LogP contribution in [0.25, 0.3) is 0 Å². The smallest absolute Gasteiger partial charge is 0.292 e. The summed E-state index contributed by atoms with van der Waals surface area (Å²) in [6.07, 6.45) is 0.739. The van der Waals surface area contributed by atoms with Gasteiger partial charge in [0.15, 0.2) is 0 Å². The summed E-state index contributed by atoms with van der Waals surface area (Å²) in [5, 5.41) is 6.07. The first-order chi connectivity index (χ1) is 6.24. The lowest BCUT2D eigenvalue weighted by molar-refractivity contribution is 0.0940. The molecule has 0 aliphatic heterocycles. The molecule has 0 atom stereocenters. The summed E-state index contributed by atoms with van der Waals surface area (Å²) >= 11 is 0. The zero-order valence-electron chi connectivity index (χ0n) is 7.41. The molecule has 0 unspecified atom stereocenters. The summed E-state index contributed by atoms with van der Waals surface area (Å²) in [4.78, 5) is 15.0. The van der Waals surface area contributed by atoms with Crippen LogP contribution in [0.15, 0.2) is 4.52 Å². The van der Waals surface area contributed by atoms with Crippen molar-refractivity contribution in [2.75, 3.05) is 13.1 Å². The first-order valence-electron chi connectivity index (χ1n) is 4.02. The van der Waals surface area contributed by atoms with Gasteiger partial charge < -0.3 is 15.6 Å². The molecule has 0 saturated heterocycles. The third kappa shape index (κ3) is 2.83. The predicted octanol–water partition coefficient (Wildman–Crippen LogP) is -0.543. The molecule has 0 bridgehead atoms. The van der Waals surface area contributed by atoms with Gasteiger partial charge in [-0.05, 0) is 13.0 Å². The molecule has 0 fully saturated rings. The standard InChI is InChI=1S/C7H12N4O2/c1-5-10-6(11-13-5)7(12)9-4-2-3-8/h2-4,8H2,1H3,(H,9,12). The second-order valence-corrected chi connectivity index (χ2v) is 2.54. The molecule has 0 saturated carbocycles. The van der Waals surface area contributed by atoms with Crippen LogP contribution in [0.5, 0.6) is 0 Å². The molecule has 6 heteroatoms. The maximum Gasteiger partial charge on any atom is 0.292 e. The Labute approximate surface area is 75.5 Å². The minimum atomic E-state index is -0.328. The molecule has 1 aromatic rings. The molecule has 6 nitrogen and oxygen atoms in total. The van der Waals surface area contributed by atoms with Gasteiger partial charge in [0.25, 0.3) is 11.7 Å². The zero-order chi connectivity index (χ0) is 9.68. The van der Waals surface area contributed by atoms with Crippen LogP contribution in [-0.4, -0.2) is 29.1 Å². The summed E-state index contributed by atoms with van der Waals surface area (Å²) in [6.45, 7) is 2.71. The highest BCUT2D eigenvalue weighted by molar-refractivity contribution is 5.90. The Balaban J connectivity index is 2.40. The van der Waals surface area contributed by atoms with Gasteiger partial charge in [0.05, 0.1) is 0 Å². The van der Waals surface area contributed by atoms with E-state index in [-0.39, 0.29) is 11.7 Å². The quantitative estimate of drug-likeness (QED) is 0.613. The van der Waals surface area contributed by atoms with Crippen molar-refractivity contribution >= 4 is 5.91 Å². The molecule has 72 valence electrons. The maximum atomic E-state index is 11.2. The van der Waals surface area contributed by atoms with Crippen molar-refractivity contribution in [2.24, 2.45) is 5.73 Å². The zero-order valence-corrected chi connectivity index (χ0v) is 7.41. The van der Waals surface area contributed by atoms with E-state index in [9.17, 15) is 4.79 Å². The number of carbonyl (C=O) groups excluding carboxylic acids is 1. The highest BCUT2D eigenvalue weighted by Crippen LogP contribution is 1.93. The molecular formula is C7H12N4O2. The van der Waals surface area contributed by atoms with Gasteiger partial charge in [-0.1, -0.05) is 5.16 Å². The van der Waals surface area contributed by atoms with Crippen LogP contribution in [-0.2, 0) is 0 Å². The van der Waals surface area contributed by atoms with E-state index in [1.54, 1.807) is 6.92 Å². The molecule has 13 heavy (non-hydrogen) atoms. The number of rotatable bonds is 4. The molecule has 1 heterocycles. The lowest BCUT2D eigenvalue weighted by Gasteiger charge is -1.98. The van der Waals surface area contributed by atoms with Gasteiger partial charge in [0.1, 0.15) is 0 Å².